The lowest BCUT2D eigenvalue weighted by Crippen LogP contribution is -2.44. The fourth-order valence-corrected chi connectivity index (χ4v) is 2.62. The Labute approximate surface area is 104 Å². The van der Waals surface area contributed by atoms with Crippen molar-refractivity contribution in [2.24, 2.45) is 0 Å². The zero-order chi connectivity index (χ0) is 12.5. The molecular formula is C9H13NO5S2. The molecule has 0 spiro atoms. The van der Waals surface area contributed by atoms with Crippen molar-refractivity contribution in [2.75, 3.05) is 26.0 Å². The Balaban J connectivity index is 1.92. The van der Waals surface area contributed by atoms with Gasteiger partial charge < -0.3 is 9.47 Å². The summed E-state index contributed by atoms with van der Waals surface area (Å²) in [5.41, 5.74) is 0. The van der Waals surface area contributed by atoms with Crippen molar-refractivity contribution in [3.63, 3.8) is 0 Å². The predicted octanol–water partition coefficient (Wildman–Crippen LogP) is 0.665. The molecule has 0 aromatic carbocycles. The van der Waals surface area contributed by atoms with E-state index in [1.54, 1.807) is 11.9 Å². The summed E-state index contributed by atoms with van der Waals surface area (Å²) < 4.78 is 41.0. The Morgan fingerprint density at radius 3 is 2.94 bits per heavy atom. The summed E-state index contributed by atoms with van der Waals surface area (Å²) in [7, 11) is -2.22. The van der Waals surface area contributed by atoms with Gasteiger partial charge in [-0.25, -0.2) is 0 Å². The number of hydrogen-bond acceptors (Lipinski definition) is 6. The molecule has 0 aliphatic carbocycles. The van der Waals surface area contributed by atoms with E-state index in [2.05, 4.69) is 0 Å². The maximum Gasteiger partial charge on any atom is 0.266 e. The van der Waals surface area contributed by atoms with Gasteiger partial charge in [-0.1, -0.05) is 0 Å². The summed E-state index contributed by atoms with van der Waals surface area (Å²) in [5.74, 6) is 1.07. The summed E-state index contributed by atoms with van der Waals surface area (Å²) >= 11 is 1.48. The van der Waals surface area contributed by atoms with Crippen LogP contribution in [0.1, 0.15) is 0 Å². The van der Waals surface area contributed by atoms with Gasteiger partial charge >= 0.3 is 0 Å². The molecule has 6 nitrogen and oxygen atoms in total. The SMILES string of the molecule is CN(CCS(=O)(=O)O)C1COc2cscc2O1. The number of thiophene rings is 1. The van der Waals surface area contributed by atoms with Crippen LogP contribution in [0.2, 0.25) is 0 Å². The zero-order valence-corrected chi connectivity index (χ0v) is 10.8. The molecule has 2 rings (SSSR count). The number of ether oxygens (including phenoxy) is 2. The lowest BCUT2D eigenvalue weighted by Gasteiger charge is -2.31. The minimum absolute atomic E-state index is 0.187. The second-order valence-electron chi connectivity index (χ2n) is 3.75. The minimum Gasteiger partial charge on any atom is -0.483 e. The van der Waals surface area contributed by atoms with E-state index in [0.717, 1.165) is 5.75 Å². The molecule has 0 amide bonds. The van der Waals surface area contributed by atoms with Gasteiger partial charge in [0.1, 0.15) is 6.61 Å². The fraction of sp³-hybridized carbons (Fsp3) is 0.556. The maximum atomic E-state index is 10.6. The van der Waals surface area contributed by atoms with E-state index in [-0.39, 0.29) is 18.5 Å². The molecule has 96 valence electrons. The van der Waals surface area contributed by atoms with Crippen LogP contribution in [-0.2, 0) is 10.1 Å². The highest BCUT2D eigenvalue weighted by atomic mass is 32.2. The smallest absolute Gasteiger partial charge is 0.266 e. The first kappa shape index (κ1) is 12.6. The van der Waals surface area contributed by atoms with Crippen LogP contribution in [0, 0.1) is 0 Å². The highest BCUT2D eigenvalue weighted by Gasteiger charge is 2.25. The Bertz CT molecular complexity index is 483. The highest BCUT2D eigenvalue weighted by Crippen LogP contribution is 2.35. The predicted molar refractivity (Wildman–Crippen MR) is 63.3 cm³/mol. The van der Waals surface area contributed by atoms with Crippen molar-refractivity contribution >= 4 is 21.5 Å². The lowest BCUT2D eigenvalue weighted by atomic mass is 10.4. The molecule has 1 atom stereocenters. The summed E-state index contributed by atoms with van der Waals surface area (Å²) in [6.07, 6.45) is -0.334. The van der Waals surface area contributed by atoms with Gasteiger partial charge in [0, 0.05) is 17.3 Å². The molecule has 1 aliphatic rings. The molecule has 8 heteroatoms. The van der Waals surface area contributed by atoms with Gasteiger partial charge in [-0.3, -0.25) is 9.45 Å². The molecule has 1 aliphatic heterocycles. The number of nitrogens with zero attached hydrogens (tertiary/aromatic N) is 1. The van der Waals surface area contributed by atoms with Crippen LogP contribution in [-0.4, -0.2) is 50.1 Å². The number of fused-ring (bicyclic) bond motifs is 1. The zero-order valence-electron chi connectivity index (χ0n) is 9.20. The quantitative estimate of drug-likeness (QED) is 0.816. The average molecular weight is 279 g/mol. The van der Waals surface area contributed by atoms with Crippen molar-refractivity contribution in [3.8, 4) is 11.5 Å². The summed E-state index contributed by atoms with van der Waals surface area (Å²) in [5, 5.41) is 3.68. The first-order chi connectivity index (χ1) is 7.96. The van der Waals surface area contributed by atoms with Crippen molar-refractivity contribution in [2.45, 2.75) is 6.23 Å². The molecule has 0 radical (unpaired) electrons. The maximum absolute atomic E-state index is 10.6. The Kier molecular flexibility index (Phi) is 3.57. The Morgan fingerprint density at radius 1 is 1.53 bits per heavy atom. The molecule has 1 aromatic rings. The summed E-state index contributed by atoms with van der Waals surface area (Å²) in [6, 6.07) is 0. The number of likely N-dealkylation sites (N-methyl/N-ethyl adjacent to an activating group) is 1. The van der Waals surface area contributed by atoms with E-state index in [1.165, 1.54) is 11.3 Å². The summed E-state index contributed by atoms with van der Waals surface area (Å²) in [6.45, 7) is 0.526. The van der Waals surface area contributed by atoms with E-state index in [9.17, 15) is 8.42 Å². The van der Waals surface area contributed by atoms with Gasteiger partial charge in [-0.05, 0) is 7.05 Å². The van der Waals surface area contributed by atoms with Gasteiger partial charge in [0.2, 0.25) is 0 Å². The van der Waals surface area contributed by atoms with Crippen LogP contribution >= 0.6 is 11.3 Å². The van der Waals surface area contributed by atoms with Crippen LogP contribution in [0.3, 0.4) is 0 Å². The number of hydrogen-bond donors (Lipinski definition) is 1. The van der Waals surface area contributed by atoms with Gasteiger partial charge in [0.05, 0.1) is 5.75 Å². The van der Waals surface area contributed by atoms with Crippen molar-refractivity contribution < 1.29 is 22.4 Å². The van der Waals surface area contributed by atoms with Crippen LogP contribution in [0.15, 0.2) is 10.8 Å². The third kappa shape index (κ3) is 3.32. The minimum atomic E-state index is -3.94. The Hall–Kier alpha value is -0.830. The molecule has 0 saturated heterocycles. The molecule has 2 heterocycles. The third-order valence-corrected chi connectivity index (χ3v) is 3.83. The molecule has 0 bridgehead atoms. The highest BCUT2D eigenvalue weighted by molar-refractivity contribution is 7.85. The van der Waals surface area contributed by atoms with Gasteiger partial charge in [-0.15, -0.1) is 11.3 Å². The first-order valence-corrected chi connectivity index (χ1v) is 7.52. The molecule has 1 aromatic heterocycles. The molecular weight excluding hydrogens is 266 g/mol. The van der Waals surface area contributed by atoms with Crippen molar-refractivity contribution in [1.82, 2.24) is 4.90 Å². The first-order valence-electron chi connectivity index (χ1n) is 4.97. The average Bonchev–Trinajstić information content (AvgIpc) is 2.71. The standard InChI is InChI=1S/C9H13NO5S2/c1-10(2-3-17(11,12)13)9-4-14-7-5-16-6-8(7)15-9/h5-6,9H,2-4H2,1H3,(H,11,12,13). The normalized spacial score (nSPS) is 19.6. The lowest BCUT2D eigenvalue weighted by molar-refractivity contribution is -0.0115. The fourth-order valence-electron chi connectivity index (χ4n) is 1.43. The third-order valence-electron chi connectivity index (χ3n) is 2.43. The summed E-state index contributed by atoms with van der Waals surface area (Å²) in [4.78, 5) is 1.69. The van der Waals surface area contributed by atoms with Crippen LogP contribution < -0.4 is 9.47 Å². The monoisotopic (exact) mass is 279 g/mol. The van der Waals surface area contributed by atoms with Gasteiger partial charge in [0.25, 0.3) is 10.1 Å². The molecule has 1 unspecified atom stereocenters. The molecule has 0 fully saturated rings. The second kappa shape index (κ2) is 4.81. The molecule has 0 saturated carbocycles. The van der Waals surface area contributed by atoms with Crippen molar-refractivity contribution in [3.05, 3.63) is 10.8 Å². The second-order valence-corrected chi connectivity index (χ2v) is 6.07. The van der Waals surface area contributed by atoms with Crippen LogP contribution in [0.25, 0.3) is 0 Å². The van der Waals surface area contributed by atoms with Crippen molar-refractivity contribution in [1.29, 1.82) is 0 Å². The van der Waals surface area contributed by atoms with Gasteiger partial charge in [-0.2, -0.15) is 8.42 Å². The van der Waals surface area contributed by atoms with E-state index in [0.29, 0.717) is 12.4 Å². The largest absolute Gasteiger partial charge is 0.483 e. The molecule has 17 heavy (non-hydrogen) atoms. The van der Waals surface area contributed by atoms with Crippen LogP contribution in [0.4, 0.5) is 0 Å². The topological polar surface area (TPSA) is 76.1 Å². The van der Waals surface area contributed by atoms with Crippen LogP contribution in [0.5, 0.6) is 11.5 Å². The van der Waals surface area contributed by atoms with E-state index < -0.39 is 10.1 Å². The van der Waals surface area contributed by atoms with Gasteiger partial charge in [0.15, 0.2) is 17.7 Å². The number of rotatable bonds is 4. The molecule has 1 N–H and O–H groups in total. The van der Waals surface area contributed by atoms with E-state index in [1.807, 2.05) is 10.8 Å². The Morgan fingerprint density at radius 2 is 2.24 bits per heavy atom. The van der Waals surface area contributed by atoms with E-state index in [4.69, 9.17) is 14.0 Å². The van der Waals surface area contributed by atoms with E-state index >= 15 is 0 Å².